The van der Waals surface area contributed by atoms with E-state index in [0.717, 1.165) is 6.42 Å². The quantitative estimate of drug-likeness (QED) is 0.927. The summed E-state index contributed by atoms with van der Waals surface area (Å²) in [5, 5.41) is 3.03. The highest BCUT2D eigenvalue weighted by Gasteiger charge is 2.52. The number of nitrogens with zero attached hydrogens (tertiary/aromatic N) is 1. The van der Waals surface area contributed by atoms with Crippen molar-refractivity contribution in [2.24, 2.45) is 0 Å². The van der Waals surface area contributed by atoms with Gasteiger partial charge in [0, 0.05) is 18.7 Å². The van der Waals surface area contributed by atoms with Crippen molar-refractivity contribution < 1.29 is 9.59 Å². The summed E-state index contributed by atoms with van der Waals surface area (Å²) in [5.41, 5.74) is 1.21. The fourth-order valence-corrected chi connectivity index (χ4v) is 4.72. The van der Waals surface area contributed by atoms with Crippen LogP contribution < -0.4 is 5.32 Å². The molecule has 118 valence electrons. The molecule has 2 amide bonds. The van der Waals surface area contributed by atoms with Gasteiger partial charge in [-0.1, -0.05) is 37.3 Å². The molecule has 0 aromatic heterocycles. The van der Waals surface area contributed by atoms with Crippen LogP contribution in [-0.2, 0) is 9.59 Å². The molecular weight excluding hydrogens is 296 g/mol. The van der Waals surface area contributed by atoms with E-state index in [4.69, 9.17) is 0 Å². The Labute approximate surface area is 135 Å². The third-order valence-corrected chi connectivity index (χ3v) is 6.20. The van der Waals surface area contributed by atoms with Crippen LogP contribution in [0.1, 0.15) is 38.2 Å². The summed E-state index contributed by atoms with van der Waals surface area (Å²) < 4.78 is 0. The Kier molecular flexibility index (Phi) is 4.17. The minimum atomic E-state index is -0.312. The number of amides is 2. The number of carbonyl (C=O) groups is 2. The predicted octanol–water partition coefficient (Wildman–Crippen LogP) is 2.36. The van der Waals surface area contributed by atoms with Gasteiger partial charge >= 0.3 is 0 Å². The topological polar surface area (TPSA) is 49.4 Å². The van der Waals surface area contributed by atoms with E-state index in [-0.39, 0.29) is 28.6 Å². The van der Waals surface area contributed by atoms with Gasteiger partial charge in [0.25, 0.3) is 0 Å². The molecule has 2 aliphatic heterocycles. The van der Waals surface area contributed by atoms with Crippen LogP contribution in [0.25, 0.3) is 0 Å². The highest BCUT2D eigenvalue weighted by Crippen LogP contribution is 2.47. The van der Waals surface area contributed by atoms with Crippen molar-refractivity contribution in [3.05, 3.63) is 35.9 Å². The lowest BCUT2D eigenvalue weighted by Gasteiger charge is -2.30. The molecule has 0 unspecified atom stereocenters. The first-order valence-corrected chi connectivity index (χ1v) is 8.78. The van der Waals surface area contributed by atoms with E-state index in [9.17, 15) is 9.59 Å². The second-order valence-corrected chi connectivity index (χ2v) is 7.82. The minimum absolute atomic E-state index is 0.0192. The molecule has 3 rings (SSSR count). The fourth-order valence-electron chi connectivity index (χ4n) is 3.29. The first kappa shape index (κ1) is 15.4. The summed E-state index contributed by atoms with van der Waals surface area (Å²) in [4.78, 5) is 26.2. The largest absolute Gasteiger partial charge is 0.354 e. The average molecular weight is 318 g/mol. The maximum absolute atomic E-state index is 12.5. The van der Waals surface area contributed by atoms with Crippen molar-refractivity contribution in [1.82, 2.24) is 10.2 Å². The SMILES string of the molecule is C[C@H](CNC(=O)[C@@H]1CS[C@]2(C)CCC(=O)N12)c1ccccc1. The van der Waals surface area contributed by atoms with Gasteiger partial charge in [0.1, 0.15) is 6.04 Å². The molecule has 22 heavy (non-hydrogen) atoms. The van der Waals surface area contributed by atoms with Crippen LogP contribution in [0, 0.1) is 0 Å². The molecule has 2 heterocycles. The summed E-state index contributed by atoms with van der Waals surface area (Å²) in [6.07, 6.45) is 1.41. The minimum Gasteiger partial charge on any atom is -0.354 e. The van der Waals surface area contributed by atoms with Gasteiger partial charge in [0.2, 0.25) is 11.8 Å². The second kappa shape index (κ2) is 5.95. The molecule has 0 radical (unpaired) electrons. The molecule has 4 nitrogen and oxygen atoms in total. The van der Waals surface area contributed by atoms with Crippen molar-refractivity contribution in [3.8, 4) is 0 Å². The Hall–Kier alpha value is -1.49. The van der Waals surface area contributed by atoms with E-state index in [1.165, 1.54) is 5.56 Å². The third kappa shape index (κ3) is 2.74. The van der Waals surface area contributed by atoms with Crippen LogP contribution in [-0.4, -0.2) is 39.9 Å². The highest BCUT2D eigenvalue weighted by atomic mass is 32.2. The Morgan fingerprint density at radius 2 is 2.18 bits per heavy atom. The summed E-state index contributed by atoms with van der Waals surface area (Å²) in [5.74, 6) is 1.06. The van der Waals surface area contributed by atoms with Gasteiger partial charge in [-0.05, 0) is 24.8 Å². The Balaban J connectivity index is 1.60. The zero-order valence-electron chi connectivity index (χ0n) is 13.0. The molecule has 0 aliphatic carbocycles. The third-order valence-electron chi connectivity index (χ3n) is 4.70. The van der Waals surface area contributed by atoms with Crippen molar-refractivity contribution in [2.45, 2.75) is 43.5 Å². The molecule has 3 atom stereocenters. The fraction of sp³-hybridized carbons (Fsp3) is 0.529. The van der Waals surface area contributed by atoms with Gasteiger partial charge in [-0.15, -0.1) is 11.8 Å². The molecular formula is C17H22N2O2S. The second-order valence-electron chi connectivity index (χ2n) is 6.32. The number of carbonyl (C=O) groups excluding carboxylic acids is 2. The molecule has 1 N–H and O–H groups in total. The van der Waals surface area contributed by atoms with Gasteiger partial charge in [-0.3, -0.25) is 9.59 Å². The molecule has 0 saturated carbocycles. The molecule has 5 heteroatoms. The molecule has 1 aromatic carbocycles. The summed E-state index contributed by atoms with van der Waals surface area (Å²) in [6.45, 7) is 4.77. The lowest BCUT2D eigenvalue weighted by Crippen LogP contribution is -2.50. The van der Waals surface area contributed by atoms with E-state index >= 15 is 0 Å². The predicted molar refractivity (Wildman–Crippen MR) is 88.6 cm³/mol. The summed E-state index contributed by atoms with van der Waals surface area (Å²) in [7, 11) is 0. The van der Waals surface area contributed by atoms with Crippen LogP contribution in [0.5, 0.6) is 0 Å². The van der Waals surface area contributed by atoms with E-state index in [1.54, 1.807) is 16.7 Å². The number of thioether (sulfide) groups is 1. The van der Waals surface area contributed by atoms with E-state index in [0.29, 0.717) is 18.7 Å². The van der Waals surface area contributed by atoms with Crippen molar-refractivity contribution >= 4 is 23.6 Å². The molecule has 0 spiro atoms. The lowest BCUT2D eigenvalue weighted by atomic mass is 10.0. The number of nitrogens with one attached hydrogen (secondary N) is 1. The van der Waals surface area contributed by atoms with Crippen molar-refractivity contribution in [2.75, 3.05) is 12.3 Å². The Morgan fingerprint density at radius 3 is 2.91 bits per heavy atom. The zero-order chi connectivity index (χ0) is 15.7. The van der Waals surface area contributed by atoms with Gasteiger partial charge in [0.05, 0.1) is 4.87 Å². The summed E-state index contributed by atoms with van der Waals surface area (Å²) >= 11 is 1.73. The van der Waals surface area contributed by atoms with Crippen molar-refractivity contribution in [3.63, 3.8) is 0 Å². The molecule has 0 bridgehead atoms. The number of fused-ring (bicyclic) bond motifs is 1. The average Bonchev–Trinajstić information content (AvgIpc) is 3.02. The standard InChI is InChI=1S/C17H22N2O2S/c1-12(13-6-4-3-5-7-13)10-18-16(21)14-11-22-17(2)9-8-15(20)19(14)17/h3-7,12,14H,8-11H2,1-2H3,(H,18,21)/t12-,14+,17-/m1/s1. The Morgan fingerprint density at radius 1 is 1.45 bits per heavy atom. The van der Waals surface area contributed by atoms with Crippen LogP contribution in [0.3, 0.4) is 0 Å². The van der Waals surface area contributed by atoms with Crippen LogP contribution in [0.15, 0.2) is 30.3 Å². The normalized spacial score (nSPS) is 28.5. The van der Waals surface area contributed by atoms with Crippen molar-refractivity contribution in [1.29, 1.82) is 0 Å². The van der Waals surface area contributed by atoms with E-state index in [2.05, 4.69) is 31.3 Å². The van der Waals surface area contributed by atoms with Crippen LogP contribution >= 0.6 is 11.8 Å². The first-order chi connectivity index (χ1) is 10.5. The molecule has 2 fully saturated rings. The maximum Gasteiger partial charge on any atom is 0.243 e. The number of hydrogen-bond donors (Lipinski definition) is 1. The Bertz CT molecular complexity index is 577. The number of benzene rings is 1. The smallest absolute Gasteiger partial charge is 0.243 e. The van der Waals surface area contributed by atoms with Gasteiger partial charge < -0.3 is 10.2 Å². The molecule has 1 aromatic rings. The highest BCUT2D eigenvalue weighted by molar-refractivity contribution is 8.01. The van der Waals surface area contributed by atoms with Gasteiger partial charge in [-0.25, -0.2) is 0 Å². The summed E-state index contributed by atoms with van der Waals surface area (Å²) in [6, 6.07) is 9.84. The van der Waals surface area contributed by atoms with Gasteiger partial charge in [0.15, 0.2) is 0 Å². The lowest BCUT2D eigenvalue weighted by molar-refractivity contribution is -0.137. The molecule has 2 saturated heterocycles. The number of hydrogen-bond acceptors (Lipinski definition) is 3. The monoisotopic (exact) mass is 318 g/mol. The van der Waals surface area contributed by atoms with Crippen LogP contribution in [0.4, 0.5) is 0 Å². The molecule has 2 aliphatic rings. The van der Waals surface area contributed by atoms with Crippen LogP contribution in [0.2, 0.25) is 0 Å². The van der Waals surface area contributed by atoms with E-state index in [1.807, 2.05) is 18.2 Å². The number of rotatable bonds is 4. The zero-order valence-corrected chi connectivity index (χ0v) is 13.9. The van der Waals surface area contributed by atoms with E-state index < -0.39 is 0 Å². The first-order valence-electron chi connectivity index (χ1n) is 7.80. The maximum atomic E-state index is 12.5. The van der Waals surface area contributed by atoms with Gasteiger partial charge in [-0.2, -0.15) is 0 Å².